The number of nitrogens with zero attached hydrogens (tertiary/aromatic N) is 3. The van der Waals surface area contributed by atoms with E-state index in [0.29, 0.717) is 18.1 Å². The highest BCUT2D eigenvalue weighted by molar-refractivity contribution is 6.30. The SMILES string of the molecule is O=C(O)CN(Cc1cnn(CCO)c1)c1cccc(Cl)c1. The molecule has 0 spiro atoms. The van der Waals surface area contributed by atoms with Gasteiger partial charge in [-0.1, -0.05) is 17.7 Å². The van der Waals surface area contributed by atoms with Crippen LogP contribution in [-0.2, 0) is 17.9 Å². The van der Waals surface area contributed by atoms with Crippen molar-refractivity contribution in [2.24, 2.45) is 0 Å². The molecule has 112 valence electrons. The van der Waals surface area contributed by atoms with Gasteiger partial charge in [-0.2, -0.15) is 5.10 Å². The average molecular weight is 310 g/mol. The molecule has 7 heteroatoms. The molecule has 0 aliphatic heterocycles. The second-order valence-corrected chi connectivity index (χ2v) is 5.00. The van der Waals surface area contributed by atoms with Gasteiger partial charge >= 0.3 is 5.97 Å². The fourth-order valence-electron chi connectivity index (χ4n) is 2.01. The lowest BCUT2D eigenvalue weighted by molar-refractivity contribution is -0.135. The van der Waals surface area contributed by atoms with Crippen molar-refractivity contribution in [2.45, 2.75) is 13.1 Å². The monoisotopic (exact) mass is 309 g/mol. The zero-order valence-electron chi connectivity index (χ0n) is 11.3. The second kappa shape index (κ2) is 7.10. The molecule has 1 aromatic heterocycles. The minimum Gasteiger partial charge on any atom is -0.480 e. The Morgan fingerprint density at radius 3 is 2.90 bits per heavy atom. The van der Waals surface area contributed by atoms with E-state index >= 15 is 0 Å². The van der Waals surface area contributed by atoms with E-state index < -0.39 is 5.97 Å². The number of rotatable bonds is 7. The van der Waals surface area contributed by atoms with Gasteiger partial charge in [0.15, 0.2) is 0 Å². The van der Waals surface area contributed by atoms with Crippen LogP contribution in [0.2, 0.25) is 5.02 Å². The summed E-state index contributed by atoms with van der Waals surface area (Å²) < 4.78 is 1.62. The summed E-state index contributed by atoms with van der Waals surface area (Å²) in [5.74, 6) is -0.919. The van der Waals surface area contributed by atoms with E-state index in [2.05, 4.69) is 5.10 Å². The molecule has 0 saturated carbocycles. The molecular formula is C14H16ClN3O3. The number of benzene rings is 1. The molecule has 0 aliphatic carbocycles. The van der Waals surface area contributed by atoms with Gasteiger partial charge in [-0.15, -0.1) is 0 Å². The highest BCUT2D eigenvalue weighted by Crippen LogP contribution is 2.21. The molecule has 6 nitrogen and oxygen atoms in total. The number of hydrogen-bond donors (Lipinski definition) is 2. The Labute approximate surface area is 127 Å². The fraction of sp³-hybridized carbons (Fsp3) is 0.286. The molecule has 0 unspecified atom stereocenters. The third-order valence-corrected chi connectivity index (χ3v) is 3.12. The summed E-state index contributed by atoms with van der Waals surface area (Å²) in [7, 11) is 0. The molecule has 2 aromatic rings. The first-order chi connectivity index (χ1) is 10.1. The van der Waals surface area contributed by atoms with E-state index in [1.54, 1.807) is 40.2 Å². The van der Waals surface area contributed by atoms with Gasteiger partial charge in [0.25, 0.3) is 0 Å². The van der Waals surface area contributed by atoms with E-state index in [4.69, 9.17) is 21.8 Å². The average Bonchev–Trinajstić information content (AvgIpc) is 2.85. The van der Waals surface area contributed by atoms with Gasteiger partial charge in [-0.3, -0.25) is 9.48 Å². The fourth-order valence-corrected chi connectivity index (χ4v) is 2.19. The Kier molecular flexibility index (Phi) is 5.19. The van der Waals surface area contributed by atoms with E-state index in [9.17, 15) is 4.79 Å². The zero-order valence-corrected chi connectivity index (χ0v) is 12.1. The number of aliphatic hydroxyl groups is 1. The second-order valence-electron chi connectivity index (χ2n) is 4.56. The number of halogens is 1. The first kappa shape index (κ1) is 15.3. The summed E-state index contributed by atoms with van der Waals surface area (Å²) in [5.41, 5.74) is 1.60. The van der Waals surface area contributed by atoms with E-state index in [1.165, 1.54) is 0 Å². The summed E-state index contributed by atoms with van der Waals surface area (Å²) in [6.45, 7) is 0.688. The van der Waals surface area contributed by atoms with Crippen LogP contribution in [0, 0.1) is 0 Å². The van der Waals surface area contributed by atoms with Gasteiger partial charge < -0.3 is 15.1 Å². The number of hydrogen-bond acceptors (Lipinski definition) is 4. The number of aliphatic carboxylic acids is 1. The largest absolute Gasteiger partial charge is 0.480 e. The first-order valence-corrected chi connectivity index (χ1v) is 6.81. The Hall–Kier alpha value is -2.05. The third-order valence-electron chi connectivity index (χ3n) is 2.89. The van der Waals surface area contributed by atoms with Crippen LogP contribution in [0.1, 0.15) is 5.56 Å². The predicted molar refractivity (Wildman–Crippen MR) is 79.5 cm³/mol. The molecular weight excluding hydrogens is 294 g/mol. The molecule has 2 rings (SSSR count). The summed E-state index contributed by atoms with van der Waals surface area (Å²) in [6.07, 6.45) is 3.45. The lowest BCUT2D eigenvalue weighted by Crippen LogP contribution is -2.29. The van der Waals surface area contributed by atoms with Crippen molar-refractivity contribution in [1.82, 2.24) is 9.78 Å². The number of aromatic nitrogens is 2. The molecule has 0 bridgehead atoms. The molecule has 1 heterocycles. The lowest BCUT2D eigenvalue weighted by Gasteiger charge is -2.22. The molecule has 0 saturated heterocycles. The van der Waals surface area contributed by atoms with Crippen LogP contribution >= 0.6 is 11.6 Å². The third kappa shape index (κ3) is 4.47. The topological polar surface area (TPSA) is 78.6 Å². The molecule has 21 heavy (non-hydrogen) atoms. The molecule has 1 aromatic carbocycles. The van der Waals surface area contributed by atoms with Crippen molar-refractivity contribution in [3.8, 4) is 0 Å². The van der Waals surface area contributed by atoms with E-state index in [-0.39, 0.29) is 13.2 Å². The standard InChI is InChI=1S/C14H16ClN3O3/c15-12-2-1-3-13(6-12)17(10-14(20)21)8-11-7-16-18(9-11)4-5-19/h1-3,6-7,9,19H,4-5,8,10H2,(H,20,21). The zero-order chi connectivity index (χ0) is 15.2. The maximum atomic E-state index is 11.0. The smallest absolute Gasteiger partial charge is 0.323 e. The summed E-state index contributed by atoms with van der Waals surface area (Å²) >= 11 is 5.96. The van der Waals surface area contributed by atoms with Gasteiger partial charge in [-0.25, -0.2) is 0 Å². The van der Waals surface area contributed by atoms with Crippen molar-refractivity contribution < 1.29 is 15.0 Å². The first-order valence-electron chi connectivity index (χ1n) is 6.43. The molecule has 0 radical (unpaired) electrons. The highest BCUT2D eigenvalue weighted by Gasteiger charge is 2.13. The van der Waals surface area contributed by atoms with Crippen LogP contribution in [0.25, 0.3) is 0 Å². The molecule has 0 atom stereocenters. The number of aliphatic hydroxyl groups excluding tert-OH is 1. The van der Waals surface area contributed by atoms with E-state index in [1.807, 2.05) is 6.07 Å². The van der Waals surface area contributed by atoms with Crippen LogP contribution < -0.4 is 4.90 Å². The van der Waals surface area contributed by atoms with Gasteiger partial charge in [0.2, 0.25) is 0 Å². The molecule has 0 fully saturated rings. The number of carboxylic acid groups (broad SMARTS) is 1. The Balaban J connectivity index is 2.17. The maximum absolute atomic E-state index is 11.0. The van der Waals surface area contributed by atoms with Crippen molar-refractivity contribution >= 4 is 23.3 Å². The quantitative estimate of drug-likeness (QED) is 0.812. The minimum atomic E-state index is -0.919. The van der Waals surface area contributed by atoms with E-state index in [0.717, 1.165) is 11.3 Å². The van der Waals surface area contributed by atoms with Gasteiger partial charge in [0.05, 0.1) is 19.3 Å². The Bertz CT molecular complexity index is 615. The minimum absolute atomic E-state index is 0.00819. The van der Waals surface area contributed by atoms with Gasteiger partial charge in [-0.05, 0) is 18.2 Å². The van der Waals surface area contributed by atoms with Crippen molar-refractivity contribution in [2.75, 3.05) is 18.1 Å². The molecule has 0 amide bonds. The number of carbonyl (C=O) groups is 1. The normalized spacial score (nSPS) is 10.6. The molecule has 2 N–H and O–H groups in total. The van der Waals surface area contributed by atoms with Crippen LogP contribution in [0.15, 0.2) is 36.7 Å². The van der Waals surface area contributed by atoms with Crippen LogP contribution in [0.3, 0.4) is 0 Å². The summed E-state index contributed by atoms with van der Waals surface area (Å²) in [5, 5.41) is 22.6. The number of carboxylic acids is 1. The van der Waals surface area contributed by atoms with Crippen LogP contribution in [0.4, 0.5) is 5.69 Å². The van der Waals surface area contributed by atoms with Crippen LogP contribution in [0.5, 0.6) is 0 Å². The Morgan fingerprint density at radius 1 is 1.43 bits per heavy atom. The Morgan fingerprint density at radius 2 is 2.24 bits per heavy atom. The highest BCUT2D eigenvalue weighted by atomic mass is 35.5. The van der Waals surface area contributed by atoms with Crippen molar-refractivity contribution in [3.05, 3.63) is 47.2 Å². The van der Waals surface area contributed by atoms with Crippen molar-refractivity contribution in [1.29, 1.82) is 0 Å². The summed E-state index contributed by atoms with van der Waals surface area (Å²) in [4.78, 5) is 12.7. The van der Waals surface area contributed by atoms with Gasteiger partial charge in [0.1, 0.15) is 6.54 Å². The van der Waals surface area contributed by atoms with Gasteiger partial charge in [0, 0.05) is 29.0 Å². The molecule has 0 aliphatic rings. The summed E-state index contributed by atoms with van der Waals surface area (Å²) in [6, 6.07) is 7.06. The predicted octanol–water partition coefficient (Wildman–Crippen LogP) is 1.62. The lowest BCUT2D eigenvalue weighted by atomic mass is 10.2. The number of anilines is 1. The van der Waals surface area contributed by atoms with Crippen molar-refractivity contribution in [3.63, 3.8) is 0 Å². The maximum Gasteiger partial charge on any atom is 0.323 e. The van der Waals surface area contributed by atoms with Crippen LogP contribution in [-0.4, -0.2) is 39.1 Å².